The van der Waals surface area contributed by atoms with Crippen molar-refractivity contribution < 1.29 is 33.4 Å². The molecule has 0 radical (unpaired) electrons. The lowest BCUT2D eigenvalue weighted by Crippen LogP contribution is -2.52. The van der Waals surface area contributed by atoms with E-state index in [2.05, 4.69) is 26.5 Å². The molecule has 0 bridgehead atoms. The van der Waals surface area contributed by atoms with Crippen molar-refractivity contribution in [2.45, 2.75) is 58.4 Å². The molecule has 2 aromatic rings. The minimum Gasteiger partial charge on any atom is -0.457 e. The molecule has 1 unspecified atom stereocenters. The third kappa shape index (κ3) is 7.19. The summed E-state index contributed by atoms with van der Waals surface area (Å²) < 4.78 is 10.4. The number of piperazine rings is 2. The Morgan fingerprint density at radius 3 is 2.15 bits per heavy atom. The van der Waals surface area contributed by atoms with Crippen LogP contribution in [0.4, 0.5) is 16.2 Å². The number of carbonyl (C=O) groups is 5. The third-order valence-electron chi connectivity index (χ3n) is 8.95. The molecule has 3 fully saturated rings. The fraction of sp³-hybridized carbons (Fsp3) is 0.500. The summed E-state index contributed by atoms with van der Waals surface area (Å²) in [6.07, 6.45) is 0.419. The molecule has 0 saturated carbocycles. The first-order chi connectivity index (χ1) is 22.5. The second-order valence-corrected chi connectivity index (χ2v) is 13.4. The van der Waals surface area contributed by atoms with Crippen LogP contribution in [-0.4, -0.2) is 104 Å². The van der Waals surface area contributed by atoms with E-state index in [4.69, 9.17) is 9.47 Å². The second-order valence-electron chi connectivity index (χ2n) is 13.4. The molecule has 7 rings (SSSR count). The fourth-order valence-electron chi connectivity index (χ4n) is 6.47. The van der Waals surface area contributed by atoms with Crippen molar-refractivity contribution in [1.82, 2.24) is 20.4 Å². The first-order valence-electron chi connectivity index (χ1n) is 16.2. The third-order valence-corrected chi connectivity index (χ3v) is 8.95. The number of nitrogens with zero attached hydrogens (tertiary/aromatic N) is 4. The van der Waals surface area contributed by atoms with E-state index in [0.29, 0.717) is 43.8 Å². The number of esters is 1. The van der Waals surface area contributed by atoms with Gasteiger partial charge < -0.3 is 34.4 Å². The lowest BCUT2D eigenvalue weighted by Gasteiger charge is -2.36. The van der Waals surface area contributed by atoms with Crippen molar-refractivity contribution >= 4 is 41.2 Å². The molecule has 3 saturated heterocycles. The van der Waals surface area contributed by atoms with E-state index in [1.165, 1.54) is 0 Å². The van der Waals surface area contributed by atoms with Crippen molar-refractivity contribution in [3.63, 3.8) is 0 Å². The average Bonchev–Trinajstić information content (AvgIpc) is 3.59. The van der Waals surface area contributed by atoms with Crippen LogP contribution in [0.2, 0.25) is 0 Å². The molecule has 250 valence electrons. The van der Waals surface area contributed by atoms with Gasteiger partial charge in [-0.15, -0.1) is 0 Å². The highest BCUT2D eigenvalue weighted by Crippen LogP contribution is 2.31. The van der Waals surface area contributed by atoms with Crippen LogP contribution in [-0.2, 0) is 32.2 Å². The molecule has 5 aliphatic rings. The zero-order chi connectivity index (χ0) is 33.3. The zero-order valence-electron chi connectivity index (χ0n) is 27.2. The van der Waals surface area contributed by atoms with Gasteiger partial charge in [0.25, 0.3) is 5.91 Å². The molecular formula is C34H42N6O7. The molecule has 1 atom stereocenters. The molecule has 2 aromatic carbocycles. The smallest absolute Gasteiger partial charge is 0.410 e. The molecule has 5 heterocycles. The summed E-state index contributed by atoms with van der Waals surface area (Å²) in [6.45, 7) is 12.9. The van der Waals surface area contributed by atoms with Gasteiger partial charge in [0.15, 0.2) is 0 Å². The van der Waals surface area contributed by atoms with Crippen LogP contribution in [0, 0.1) is 0 Å². The summed E-state index contributed by atoms with van der Waals surface area (Å²) in [7, 11) is 0. The number of piperidine rings is 1. The first kappa shape index (κ1) is 32.3. The molecule has 0 spiro atoms. The molecule has 13 heteroatoms. The van der Waals surface area contributed by atoms with Crippen LogP contribution < -0.4 is 20.4 Å². The Kier molecular flexibility index (Phi) is 9.09. The summed E-state index contributed by atoms with van der Waals surface area (Å²) in [5.74, 6) is -0.996. The number of hydrogen-bond donors (Lipinski definition) is 2. The number of hydrogen-bond acceptors (Lipinski definition) is 10. The summed E-state index contributed by atoms with van der Waals surface area (Å²) in [4.78, 5) is 67.4. The number of imide groups is 1. The van der Waals surface area contributed by atoms with Gasteiger partial charge in [-0.25, -0.2) is 9.59 Å². The Bertz CT molecular complexity index is 1570. The highest BCUT2D eigenvalue weighted by molar-refractivity contribution is 6.05. The lowest BCUT2D eigenvalue weighted by atomic mass is 10.0. The Hall–Kier alpha value is -4.65. The van der Waals surface area contributed by atoms with Crippen molar-refractivity contribution in [1.29, 1.82) is 0 Å². The summed E-state index contributed by atoms with van der Waals surface area (Å²) in [5, 5.41) is 5.66. The summed E-state index contributed by atoms with van der Waals surface area (Å²) in [5.41, 5.74) is 4.92. The Balaban J connectivity index is 0.000000165. The summed E-state index contributed by atoms with van der Waals surface area (Å²) in [6, 6.07) is 11.1. The van der Waals surface area contributed by atoms with Gasteiger partial charge in [0, 0.05) is 87.8 Å². The largest absolute Gasteiger partial charge is 0.457 e. The van der Waals surface area contributed by atoms with Gasteiger partial charge in [0.2, 0.25) is 11.8 Å². The SMILES string of the molecule is CC(C)(C)OC(=O)N1CCN(c2ccc3c(c2)COC3=O)CC1.O=C1CCC(N2Cc3cc(N4CCNCC4)ccc3C2=O)C(=O)N1. The predicted octanol–water partition coefficient (Wildman–Crippen LogP) is 2.27. The molecule has 0 aliphatic carbocycles. The van der Waals surface area contributed by atoms with Gasteiger partial charge in [0.1, 0.15) is 18.2 Å². The molecule has 13 nitrogen and oxygen atoms in total. The van der Waals surface area contributed by atoms with Crippen molar-refractivity contribution in [3.8, 4) is 0 Å². The highest BCUT2D eigenvalue weighted by Gasteiger charge is 2.39. The molecule has 0 aromatic heterocycles. The van der Waals surface area contributed by atoms with Gasteiger partial charge in [-0.3, -0.25) is 19.7 Å². The maximum absolute atomic E-state index is 12.6. The van der Waals surface area contributed by atoms with Crippen LogP contribution >= 0.6 is 0 Å². The molecular weight excluding hydrogens is 604 g/mol. The minimum atomic E-state index is -0.551. The Morgan fingerprint density at radius 2 is 1.49 bits per heavy atom. The van der Waals surface area contributed by atoms with Crippen LogP contribution in [0.1, 0.15) is 65.5 Å². The van der Waals surface area contributed by atoms with Gasteiger partial charge in [0.05, 0.1) is 5.56 Å². The fourth-order valence-corrected chi connectivity index (χ4v) is 6.47. The quantitative estimate of drug-likeness (QED) is 0.377. The zero-order valence-corrected chi connectivity index (χ0v) is 27.2. The van der Waals surface area contributed by atoms with E-state index in [9.17, 15) is 24.0 Å². The van der Waals surface area contributed by atoms with E-state index in [-0.39, 0.29) is 36.2 Å². The van der Waals surface area contributed by atoms with Crippen LogP contribution in [0.15, 0.2) is 36.4 Å². The number of cyclic esters (lactones) is 1. The first-order valence-corrected chi connectivity index (χ1v) is 16.2. The number of amides is 4. The topological polar surface area (TPSA) is 141 Å². The van der Waals surface area contributed by atoms with E-state index in [1.54, 1.807) is 9.80 Å². The lowest BCUT2D eigenvalue weighted by molar-refractivity contribution is -0.136. The maximum atomic E-state index is 12.6. The number of carbonyl (C=O) groups excluding carboxylic acids is 5. The molecule has 5 aliphatic heterocycles. The van der Waals surface area contributed by atoms with Gasteiger partial charge in [-0.2, -0.15) is 0 Å². The van der Waals surface area contributed by atoms with E-state index >= 15 is 0 Å². The van der Waals surface area contributed by atoms with Crippen LogP contribution in [0.25, 0.3) is 0 Å². The Morgan fingerprint density at radius 1 is 0.851 bits per heavy atom. The van der Waals surface area contributed by atoms with Crippen molar-refractivity contribution in [3.05, 3.63) is 58.7 Å². The van der Waals surface area contributed by atoms with E-state index < -0.39 is 11.6 Å². The highest BCUT2D eigenvalue weighted by atomic mass is 16.6. The monoisotopic (exact) mass is 646 g/mol. The number of benzene rings is 2. The number of rotatable bonds is 3. The van der Waals surface area contributed by atoms with E-state index in [0.717, 1.165) is 61.8 Å². The molecule has 2 N–H and O–H groups in total. The van der Waals surface area contributed by atoms with E-state index in [1.807, 2.05) is 51.1 Å². The van der Waals surface area contributed by atoms with Gasteiger partial charge in [-0.05, 0) is 69.2 Å². The number of ether oxygens (including phenoxy) is 2. The average molecular weight is 647 g/mol. The molecule has 4 amide bonds. The maximum Gasteiger partial charge on any atom is 0.410 e. The minimum absolute atomic E-state index is 0.119. The Labute approximate surface area is 274 Å². The molecule has 47 heavy (non-hydrogen) atoms. The van der Waals surface area contributed by atoms with Gasteiger partial charge >= 0.3 is 12.1 Å². The van der Waals surface area contributed by atoms with Gasteiger partial charge in [-0.1, -0.05) is 0 Å². The second kappa shape index (κ2) is 13.2. The summed E-state index contributed by atoms with van der Waals surface area (Å²) >= 11 is 0. The van der Waals surface area contributed by atoms with Crippen molar-refractivity contribution in [2.24, 2.45) is 0 Å². The number of fused-ring (bicyclic) bond motifs is 2. The number of nitrogens with one attached hydrogen (secondary N) is 2. The van der Waals surface area contributed by atoms with Crippen LogP contribution in [0.3, 0.4) is 0 Å². The number of anilines is 2. The predicted molar refractivity (Wildman–Crippen MR) is 173 cm³/mol. The standard InChI is InChI=1S/C17H20N4O3.C17H22N2O4/c22-15-4-3-14(16(23)19-15)21-10-11-9-12(1-2-13(11)17(21)24)20-7-5-18-6-8-20;1-17(2,3)23-16(21)19-8-6-18(7-9-19)13-4-5-14-12(10-13)11-22-15(14)20/h1-2,9,14,18H,3-8,10H2,(H,19,22,23);4-5,10H,6-9,11H2,1-3H3. The van der Waals surface area contributed by atoms with Crippen molar-refractivity contribution in [2.75, 3.05) is 62.2 Å². The van der Waals surface area contributed by atoms with Crippen LogP contribution in [0.5, 0.6) is 0 Å². The normalized spacial score (nSPS) is 21.0.